The number of fused-ring (bicyclic) bond motifs is 1. The summed E-state index contributed by atoms with van der Waals surface area (Å²) < 4.78 is 40.0. The number of piperazine rings is 1. The fraction of sp³-hybridized carbons (Fsp3) is 0.321. The molecule has 2 aromatic heterocycles. The number of thiophene rings is 1. The Balaban J connectivity index is 1.32. The smallest absolute Gasteiger partial charge is 0.352 e. The number of carbonyl (C=O) groups excluding carboxylic acids is 1. The van der Waals surface area contributed by atoms with Crippen LogP contribution >= 0.6 is 11.3 Å². The molecule has 4 aromatic rings. The van der Waals surface area contributed by atoms with Gasteiger partial charge in [0.05, 0.1) is 16.6 Å². The number of alkyl halides is 3. The highest BCUT2D eigenvalue weighted by Crippen LogP contribution is 2.36. The number of hydrogen-bond acceptors (Lipinski definition) is 5. The zero-order valence-corrected chi connectivity index (χ0v) is 22.0. The lowest BCUT2D eigenvalue weighted by Gasteiger charge is -2.36. The number of aromatic nitrogens is 2. The summed E-state index contributed by atoms with van der Waals surface area (Å²) in [6, 6.07) is 14.7. The Morgan fingerprint density at radius 3 is 2.34 bits per heavy atom. The molecule has 1 aliphatic rings. The highest BCUT2D eigenvalue weighted by Gasteiger charge is 2.34. The van der Waals surface area contributed by atoms with E-state index < -0.39 is 17.8 Å². The van der Waals surface area contributed by atoms with E-state index in [0.29, 0.717) is 32.6 Å². The summed E-state index contributed by atoms with van der Waals surface area (Å²) in [6.07, 6.45) is -3.00. The number of amides is 2. The molecule has 1 saturated heterocycles. The van der Waals surface area contributed by atoms with Crippen molar-refractivity contribution in [1.29, 1.82) is 0 Å². The van der Waals surface area contributed by atoms with Crippen molar-refractivity contribution in [2.75, 3.05) is 36.4 Å². The molecule has 2 amide bonds. The monoisotopic (exact) mass is 539 g/mol. The van der Waals surface area contributed by atoms with Gasteiger partial charge in [-0.05, 0) is 43.5 Å². The van der Waals surface area contributed by atoms with Crippen LogP contribution < -0.4 is 10.2 Å². The van der Waals surface area contributed by atoms with Gasteiger partial charge in [-0.25, -0.2) is 14.8 Å². The standard InChI is InChI=1S/C28H28F3N5OS/c1-18-19(2)38-26-24(18)25(33-23(34-26)13-12-20-8-4-3-5-9-20)35-14-16-36(17-15-35)27(37)32-22-11-7-6-10-21(22)28(29,30)31/h3-11H,12-17H2,1-2H3,(H,32,37). The lowest BCUT2D eigenvalue weighted by molar-refractivity contribution is -0.136. The van der Waals surface area contributed by atoms with Crippen molar-refractivity contribution in [2.45, 2.75) is 32.9 Å². The normalized spacial score (nSPS) is 14.2. The zero-order chi connectivity index (χ0) is 26.9. The van der Waals surface area contributed by atoms with Crippen LogP contribution in [0.2, 0.25) is 0 Å². The number of aryl methyl sites for hydroxylation is 4. The van der Waals surface area contributed by atoms with E-state index in [2.05, 4.69) is 36.2 Å². The van der Waals surface area contributed by atoms with Crippen molar-refractivity contribution in [3.63, 3.8) is 0 Å². The number of anilines is 2. The van der Waals surface area contributed by atoms with Crippen LogP contribution in [0.1, 0.15) is 27.4 Å². The highest BCUT2D eigenvalue weighted by molar-refractivity contribution is 7.18. The van der Waals surface area contributed by atoms with Gasteiger partial charge in [0.15, 0.2) is 0 Å². The molecule has 0 atom stereocenters. The van der Waals surface area contributed by atoms with Crippen LogP contribution in [0.4, 0.5) is 29.5 Å². The summed E-state index contributed by atoms with van der Waals surface area (Å²) in [4.78, 5) is 28.5. The Bertz CT molecular complexity index is 1450. The Kier molecular flexibility index (Phi) is 7.25. The van der Waals surface area contributed by atoms with Crippen molar-refractivity contribution in [3.8, 4) is 0 Å². The topological polar surface area (TPSA) is 61.4 Å². The number of halogens is 3. The molecular formula is C28H28F3N5OS. The Morgan fingerprint density at radius 2 is 1.63 bits per heavy atom. The van der Waals surface area contributed by atoms with Gasteiger partial charge >= 0.3 is 12.2 Å². The first-order chi connectivity index (χ1) is 18.2. The summed E-state index contributed by atoms with van der Waals surface area (Å²) in [7, 11) is 0. The van der Waals surface area contributed by atoms with Gasteiger partial charge in [0.1, 0.15) is 16.5 Å². The maximum Gasteiger partial charge on any atom is 0.418 e. The molecule has 38 heavy (non-hydrogen) atoms. The average Bonchev–Trinajstić information content (AvgIpc) is 3.20. The van der Waals surface area contributed by atoms with Crippen molar-refractivity contribution in [1.82, 2.24) is 14.9 Å². The summed E-state index contributed by atoms with van der Waals surface area (Å²) in [5, 5.41) is 3.48. The molecular weight excluding hydrogens is 511 g/mol. The Morgan fingerprint density at radius 1 is 0.947 bits per heavy atom. The lowest BCUT2D eigenvalue weighted by atomic mass is 10.1. The van der Waals surface area contributed by atoms with Crippen LogP contribution in [0.3, 0.4) is 0 Å². The summed E-state index contributed by atoms with van der Waals surface area (Å²) in [6.45, 7) is 5.93. The van der Waals surface area contributed by atoms with Crippen molar-refractivity contribution in [2.24, 2.45) is 0 Å². The molecule has 10 heteroatoms. The van der Waals surface area contributed by atoms with Gasteiger partial charge in [-0.3, -0.25) is 0 Å². The molecule has 1 aliphatic heterocycles. The van der Waals surface area contributed by atoms with E-state index in [9.17, 15) is 18.0 Å². The fourth-order valence-electron chi connectivity index (χ4n) is 4.67. The number of hydrogen-bond donors (Lipinski definition) is 1. The van der Waals surface area contributed by atoms with Crippen molar-refractivity contribution >= 4 is 39.1 Å². The third-order valence-corrected chi connectivity index (χ3v) is 7.98. The first kappa shape index (κ1) is 26.0. The molecule has 0 bridgehead atoms. The first-order valence-corrected chi connectivity index (χ1v) is 13.3. The Hall–Kier alpha value is -3.66. The molecule has 0 radical (unpaired) electrons. The number of urea groups is 1. The predicted octanol–water partition coefficient (Wildman–Crippen LogP) is 6.47. The summed E-state index contributed by atoms with van der Waals surface area (Å²) in [5.74, 6) is 1.64. The number of carbonyl (C=O) groups is 1. The molecule has 0 aliphatic carbocycles. The third-order valence-electron chi connectivity index (χ3n) is 6.88. The minimum Gasteiger partial charge on any atom is -0.352 e. The van der Waals surface area contributed by atoms with E-state index in [1.807, 2.05) is 18.2 Å². The molecule has 0 spiro atoms. The average molecular weight is 540 g/mol. The van der Waals surface area contributed by atoms with E-state index in [1.165, 1.54) is 28.6 Å². The Labute approximate surface area is 223 Å². The van der Waals surface area contributed by atoms with Crippen LogP contribution in [0, 0.1) is 13.8 Å². The highest BCUT2D eigenvalue weighted by atomic mass is 32.1. The lowest BCUT2D eigenvalue weighted by Crippen LogP contribution is -2.50. The van der Waals surface area contributed by atoms with Gasteiger partial charge in [0, 0.05) is 37.5 Å². The van der Waals surface area contributed by atoms with Crippen LogP contribution in [0.5, 0.6) is 0 Å². The minimum absolute atomic E-state index is 0.239. The minimum atomic E-state index is -4.55. The number of rotatable bonds is 5. The van der Waals surface area contributed by atoms with Gasteiger partial charge in [0.25, 0.3) is 0 Å². The molecule has 0 saturated carbocycles. The fourth-order valence-corrected chi connectivity index (χ4v) is 5.71. The van der Waals surface area contributed by atoms with Crippen molar-refractivity contribution < 1.29 is 18.0 Å². The quantitative estimate of drug-likeness (QED) is 0.316. The van der Waals surface area contributed by atoms with Crippen LogP contribution in [-0.4, -0.2) is 47.1 Å². The molecule has 1 N–H and O–H groups in total. The van der Waals surface area contributed by atoms with Gasteiger partial charge in [-0.2, -0.15) is 13.2 Å². The van der Waals surface area contributed by atoms with Crippen LogP contribution in [0.25, 0.3) is 10.2 Å². The van der Waals surface area contributed by atoms with Crippen molar-refractivity contribution in [3.05, 3.63) is 82.0 Å². The SMILES string of the molecule is Cc1sc2nc(CCc3ccccc3)nc(N3CCN(C(=O)Nc4ccccc4C(F)(F)F)CC3)c2c1C. The summed E-state index contributed by atoms with van der Waals surface area (Å²) in [5.41, 5.74) is 1.28. The predicted molar refractivity (Wildman–Crippen MR) is 145 cm³/mol. The molecule has 198 valence electrons. The second-order valence-electron chi connectivity index (χ2n) is 9.36. The number of para-hydroxylation sites is 1. The molecule has 5 rings (SSSR count). The summed E-state index contributed by atoms with van der Waals surface area (Å²) >= 11 is 1.66. The van der Waals surface area contributed by atoms with Gasteiger partial charge in [-0.15, -0.1) is 11.3 Å². The second-order valence-corrected chi connectivity index (χ2v) is 10.6. The number of benzene rings is 2. The third kappa shape index (κ3) is 5.45. The number of nitrogens with one attached hydrogen (secondary N) is 1. The van der Waals surface area contributed by atoms with E-state index in [1.54, 1.807) is 16.2 Å². The first-order valence-electron chi connectivity index (χ1n) is 12.5. The van der Waals surface area contributed by atoms with Gasteiger partial charge in [0.2, 0.25) is 0 Å². The maximum absolute atomic E-state index is 13.3. The molecule has 6 nitrogen and oxygen atoms in total. The molecule has 3 heterocycles. The zero-order valence-electron chi connectivity index (χ0n) is 21.2. The van der Waals surface area contributed by atoms with Gasteiger partial charge in [-0.1, -0.05) is 42.5 Å². The molecule has 0 unspecified atom stereocenters. The van der Waals surface area contributed by atoms with E-state index in [-0.39, 0.29) is 5.69 Å². The number of nitrogens with zero attached hydrogens (tertiary/aromatic N) is 4. The van der Waals surface area contributed by atoms with Crippen LogP contribution in [0.15, 0.2) is 54.6 Å². The van der Waals surface area contributed by atoms with E-state index in [4.69, 9.17) is 9.97 Å². The van der Waals surface area contributed by atoms with E-state index >= 15 is 0 Å². The largest absolute Gasteiger partial charge is 0.418 e. The van der Waals surface area contributed by atoms with Crippen LogP contribution in [-0.2, 0) is 19.0 Å². The van der Waals surface area contributed by atoms with Gasteiger partial charge < -0.3 is 15.1 Å². The second kappa shape index (κ2) is 10.6. The molecule has 1 fully saturated rings. The maximum atomic E-state index is 13.3. The van der Waals surface area contributed by atoms with E-state index in [0.717, 1.165) is 39.9 Å². The molecule has 2 aromatic carbocycles.